The van der Waals surface area contributed by atoms with Gasteiger partial charge in [-0.2, -0.15) is 0 Å². The Kier molecular flexibility index (Phi) is 2.26. The van der Waals surface area contributed by atoms with Gasteiger partial charge in [-0.05, 0) is 37.3 Å². The summed E-state index contributed by atoms with van der Waals surface area (Å²) in [6, 6.07) is 8.67. The first-order valence-corrected chi connectivity index (χ1v) is 5.52. The van der Waals surface area contributed by atoms with E-state index >= 15 is 0 Å². The van der Waals surface area contributed by atoms with Crippen molar-refractivity contribution in [1.29, 1.82) is 0 Å². The van der Waals surface area contributed by atoms with Gasteiger partial charge in [-0.15, -0.1) is 0 Å². The molecular formula is C13H19N. The average molecular weight is 189 g/mol. The van der Waals surface area contributed by atoms with E-state index in [0.717, 1.165) is 0 Å². The largest absolute Gasteiger partial charge is 0.380 e. The number of para-hydroxylation sites is 1. The van der Waals surface area contributed by atoms with Crippen LogP contribution in [0.1, 0.15) is 45.1 Å². The molecule has 1 nitrogen and oxygen atoms in total. The fraction of sp³-hybridized carbons (Fsp3) is 0.538. The molecule has 1 aliphatic rings. The van der Waals surface area contributed by atoms with Crippen molar-refractivity contribution in [2.75, 3.05) is 5.32 Å². The SMILES string of the molecule is CCC1(C)CC(C)c2ccccc2N1. The Bertz CT molecular complexity index is 332. The maximum absolute atomic E-state index is 3.65. The Balaban J connectivity index is 2.38. The molecule has 0 spiro atoms. The summed E-state index contributed by atoms with van der Waals surface area (Å²) in [5, 5.41) is 3.65. The number of nitrogens with one attached hydrogen (secondary N) is 1. The zero-order valence-electron chi connectivity index (χ0n) is 9.30. The average Bonchev–Trinajstić information content (AvgIpc) is 2.18. The van der Waals surface area contributed by atoms with Gasteiger partial charge in [0.15, 0.2) is 0 Å². The molecule has 0 aromatic heterocycles. The fourth-order valence-corrected chi connectivity index (χ4v) is 2.44. The molecule has 0 aliphatic carbocycles. The van der Waals surface area contributed by atoms with E-state index < -0.39 is 0 Å². The summed E-state index contributed by atoms with van der Waals surface area (Å²) in [5.41, 5.74) is 3.09. The van der Waals surface area contributed by atoms with Crippen LogP contribution >= 0.6 is 0 Å². The Morgan fingerprint density at radius 1 is 1.43 bits per heavy atom. The molecule has 0 saturated carbocycles. The van der Waals surface area contributed by atoms with Crippen LogP contribution < -0.4 is 5.32 Å². The highest BCUT2D eigenvalue weighted by Crippen LogP contribution is 2.39. The first-order chi connectivity index (χ1) is 6.64. The van der Waals surface area contributed by atoms with Crippen molar-refractivity contribution in [1.82, 2.24) is 0 Å². The molecule has 0 amide bonds. The monoisotopic (exact) mass is 189 g/mol. The molecule has 14 heavy (non-hydrogen) atoms. The molecule has 0 bridgehead atoms. The number of benzene rings is 1. The van der Waals surface area contributed by atoms with E-state index in [1.165, 1.54) is 24.1 Å². The second-order valence-corrected chi connectivity index (χ2v) is 4.73. The van der Waals surface area contributed by atoms with E-state index in [0.29, 0.717) is 5.92 Å². The highest BCUT2D eigenvalue weighted by molar-refractivity contribution is 5.56. The van der Waals surface area contributed by atoms with Gasteiger partial charge in [0.25, 0.3) is 0 Å². The summed E-state index contributed by atoms with van der Waals surface area (Å²) in [4.78, 5) is 0. The first kappa shape index (κ1) is 9.57. The van der Waals surface area contributed by atoms with Crippen LogP contribution in [0.15, 0.2) is 24.3 Å². The summed E-state index contributed by atoms with van der Waals surface area (Å²) in [6.07, 6.45) is 2.42. The standard InChI is InChI=1S/C13H19N/c1-4-13(3)9-10(2)11-7-5-6-8-12(11)14-13/h5-8,10,14H,4,9H2,1-3H3. The maximum Gasteiger partial charge on any atom is 0.0379 e. The van der Waals surface area contributed by atoms with Gasteiger partial charge < -0.3 is 5.32 Å². The molecule has 1 aromatic rings. The molecule has 1 aliphatic heterocycles. The topological polar surface area (TPSA) is 12.0 Å². The Morgan fingerprint density at radius 2 is 2.14 bits per heavy atom. The Labute approximate surface area is 86.5 Å². The molecule has 2 unspecified atom stereocenters. The van der Waals surface area contributed by atoms with Crippen LogP contribution in [-0.4, -0.2) is 5.54 Å². The molecule has 0 fully saturated rings. The molecule has 2 atom stereocenters. The van der Waals surface area contributed by atoms with Crippen molar-refractivity contribution in [3.8, 4) is 0 Å². The molecule has 2 rings (SSSR count). The van der Waals surface area contributed by atoms with Gasteiger partial charge in [0.05, 0.1) is 0 Å². The van der Waals surface area contributed by atoms with Crippen LogP contribution in [-0.2, 0) is 0 Å². The van der Waals surface area contributed by atoms with Crippen molar-refractivity contribution < 1.29 is 0 Å². The third-order valence-electron chi connectivity index (χ3n) is 3.47. The predicted molar refractivity (Wildman–Crippen MR) is 61.8 cm³/mol. The molecule has 1 heterocycles. The minimum atomic E-state index is 0.285. The lowest BCUT2D eigenvalue weighted by Crippen LogP contribution is -2.39. The molecule has 1 heteroatoms. The van der Waals surface area contributed by atoms with E-state index in [4.69, 9.17) is 0 Å². The van der Waals surface area contributed by atoms with Crippen LogP contribution in [0.2, 0.25) is 0 Å². The van der Waals surface area contributed by atoms with Crippen LogP contribution in [0.4, 0.5) is 5.69 Å². The number of hydrogen-bond donors (Lipinski definition) is 1. The van der Waals surface area contributed by atoms with Gasteiger partial charge in [-0.1, -0.05) is 32.0 Å². The number of anilines is 1. The van der Waals surface area contributed by atoms with E-state index in [9.17, 15) is 0 Å². The van der Waals surface area contributed by atoms with Gasteiger partial charge in [-0.3, -0.25) is 0 Å². The summed E-state index contributed by atoms with van der Waals surface area (Å²) in [6.45, 7) is 6.90. The molecule has 1 N–H and O–H groups in total. The van der Waals surface area contributed by atoms with Gasteiger partial charge in [0, 0.05) is 11.2 Å². The summed E-state index contributed by atoms with van der Waals surface area (Å²) in [7, 11) is 0. The minimum absolute atomic E-state index is 0.285. The van der Waals surface area contributed by atoms with E-state index in [1.807, 2.05) is 0 Å². The summed E-state index contributed by atoms with van der Waals surface area (Å²) in [5.74, 6) is 0.678. The van der Waals surface area contributed by atoms with Crippen LogP contribution in [0.25, 0.3) is 0 Å². The second kappa shape index (κ2) is 3.30. The van der Waals surface area contributed by atoms with Crippen LogP contribution in [0.3, 0.4) is 0 Å². The van der Waals surface area contributed by atoms with E-state index in [2.05, 4.69) is 50.4 Å². The Morgan fingerprint density at radius 3 is 2.86 bits per heavy atom. The lowest BCUT2D eigenvalue weighted by molar-refractivity contribution is 0.407. The van der Waals surface area contributed by atoms with Crippen molar-refractivity contribution in [2.45, 2.75) is 45.1 Å². The number of fused-ring (bicyclic) bond motifs is 1. The normalized spacial score (nSPS) is 30.6. The van der Waals surface area contributed by atoms with Crippen LogP contribution in [0.5, 0.6) is 0 Å². The molecule has 0 radical (unpaired) electrons. The van der Waals surface area contributed by atoms with E-state index in [-0.39, 0.29) is 5.54 Å². The number of hydrogen-bond acceptors (Lipinski definition) is 1. The molecule has 0 saturated heterocycles. The summed E-state index contributed by atoms with van der Waals surface area (Å²) < 4.78 is 0. The second-order valence-electron chi connectivity index (χ2n) is 4.73. The van der Waals surface area contributed by atoms with Crippen molar-refractivity contribution >= 4 is 5.69 Å². The van der Waals surface area contributed by atoms with Gasteiger partial charge >= 0.3 is 0 Å². The highest BCUT2D eigenvalue weighted by atomic mass is 15.0. The van der Waals surface area contributed by atoms with E-state index in [1.54, 1.807) is 0 Å². The smallest absolute Gasteiger partial charge is 0.0379 e. The first-order valence-electron chi connectivity index (χ1n) is 5.52. The fourth-order valence-electron chi connectivity index (χ4n) is 2.44. The third-order valence-corrected chi connectivity index (χ3v) is 3.47. The Hall–Kier alpha value is -0.980. The maximum atomic E-state index is 3.65. The van der Waals surface area contributed by atoms with Gasteiger partial charge in [0.1, 0.15) is 0 Å². The molecule has 1 aromatic carbocycles. The van der Waals surface area contributed by atoms with Gasteiger partial charge in [-0.25, -0.2) is 0 Å². The number of rotatable bonds is 1. The van der Waals surface area contributed by atoms with Crippen LogP contribution in [0, 0.1) is 0 Å². The zero-order chi connectivity index (χ0) is 10.2. The lowest BCUT2D eigenvalue weighted by Gasteiger charge is -2.39. The molecule has 76 valence electrons. The molecular weight excluding hydrogens is 170 g/mol. The summed E-state index contributed by atoms with van der Waals surface area (Å²) >= 11 is 0. The predicted octanol–water partition coefficient (Wildman–Crippen LogP) is 3.77. The zero-order valence-corrected chi connectivity index (χ0v) is 9.30. The lowest BCUT2D eigenvalue weighted by atomic mass is 9.79. The van der Waals surface area contributed by atoms with Crippen molar-refractivity contribution in [3.05, 3.63) is 29.8 Å². The van der Waals surface area contributed by atoms with Crippen molar-refractivity contribution in [2.24, 2.45) is 0 Å². The minimum Gasteiger partial charge on any atom is -0.380 e. The third kappa shape index (κ3) is 1.52. The highest BCUT2D eigenvalue weighted by Gasteiger charge is 2.30. The van der Waals surface area contributed by atoms with Gasteiger partial charge in [0.2, 0.25) is 0 Å². The quantitative estimate of drug-likeness (QED) is 0.709. The van der Waals surface area contributed by atoms with Crippen molar-refractivity contribution in [3.63, 3.8) is 0 Å².